The molecule has 1 heterocycles. The first kappa shape index (κ1) is 9.68. The van der Waals surface area contributed by atoms with Crippen LogP contribution in [0.2, 0.25) is 5.02 Å². The van der Waals surface area contributed by atoms with Crippen molar-refractivity contribution in [3.05, 3.63) is 28.5 Å². The molecule has 0 aromatic carbocycles. The second kappa shape index (κ2) is 4.01. The van der Waals surface area contributed by atoms with Crippen molar-refractivity contribution in [3.8, 4) is 0 Å². The molecule has 0 aliphatic heterocycles. The fourth-order valence-corrected chi connectivity index (χ4v) is 1.42. The molecule has 64 valence electrons. The Balaban J connectivity index is 3.09. The van der Waals surface area contributed by atoms with Crippen molar-refractivity contribution in [1.82, 2.24) is 4.98 Å². The fraction of sp³-hybridized carbons (Fsp3) is 0.250. The van der Waals surface area contributed by atoms with Crippen molar-refractivity contribution < 1.29 is 4.79 Å². The van der Waals surface area contributed by atoms with Gasteiger partial charge in [0.1, 0.15) is 0 Å². The predicted molar refractivity (Wildman–Crippen MR) is 52.1 cm³/mol. The first-order chi connectivity index (χ1) is 5.65. The third-order valence-corrected chi connectivity index (χ3v) is 2.23. The van der Waals surface area contributed by atoms with Crippen LogP contribution in [0.4, 0.5) is 0 Å². The average molecular weight is 249 g/mol. The number of carbonyl (C=O) groups excluding carboxylic acids is 1. The third kappa shape index (κ3) is 2.05. The molecular weight excluding hydrogens is 241 g/mol. The van der Waals surface area contributed by atoms with Crippen molar-refractivity contribution >= 4 is 33.3 Å². The van der Waals surface area contributed by atoms with Crippen LogP contribution in [0.3, 0.4) is 0 Å². The van der Waals surface area contributed by atoms with E-state index in [4.69, 9.17) is 11.6 Å². The van der Waals surface area contributed by atoms with E-state index in [0.717, 1.165) is 5.69 Å². The molecule has 4 heteroatoms. The highest BCUT2D eigenvalue weighted by Gasteiger charge is 2.08. The van der Waals surface area contributed by atoms with Crippen LogP contribution in [-0.4, -0.2) is 16.1 Å². The van der Waals surface area contributed by atoms with E-state index in [0.29, 0.717) is 10.6 Å². The Labute approximate surface area is 84.1 Å². The summed E-state index contributed by atoms with van der Waals surface area (Å²) >= 11 is 8.89. The van der Waals surface area contributed by atoms with Crippen molar-refractivity contribution in [1.29, 1.82) is 0 Å². The van der Waals surface area contributed by atoms with Crippen molar-refractivity contribution in [2.24, 2.45) is 0 Å². The van der Waals surface area contributed by atoms with Gasteiger partial charge in [0, 0.05) is 11.9 Å². The Morgan fingerprint density at radius 2 is 2.42 bits per heavy atom. The van der Waals surface area contributed by atoms with Crippen LogP contribution >= 0.6 is 27.5 Å². The maximum absolute atomic E-state index is 11.2. The van der Waals surface area contributed by atoms with E-state index in [2.05, 4.69) is 20.9 Å². The van der Waals surface area contributed by atoms with Crippen LogP contribution in [0.15, 0.2) is 12.3 Å². The smallest absolute Gasteiger partial charge is 0.176 e. The highest BCUT2D eigenvalue weighted by molar-refractivity contribution is 9.09. The number of aromatic nitrogens is 1. The standard InChI is InChI=1S/C8H7BrClNO/c1-5-2-7(10)6(4-11-5)8(12)3-9/h2,4H,3H2,1H3. The maximum Gasteiger partial charge on any atom is 0.176 e. The number of alkyl halides is 1. The van der Waals surface area contributed by atoms with Gasteiger partial charge in [0.2, 0.25) is 0 Å². The van der Waals surface area contributed by atoms with E-state index in [1.54, 1.807) is 6.07 Å². The van der Waals surface area contributed by atoms with Gasteiger partial charge in [0.05, 0.1) is 15.9 Å². The van der Waals surface area contributed by atoms with Crippen LogP contribution < -0.4 is 0 Å². The summed E-state index contributed by atoms with van der Waals surface area (Å²) in [5.41, 5.74) is 1.28. The number of rotatable bonds is 2. The largest absolute Gasteiger partial charge is 0.293 e. The highest BCUT2D eigenvalue weighted by Crippen LogP contribution is 2.16. The zero-order valence-corrected chi connectivity index (χ0v) is 8.82. The molecule has 1 rings (SSSR count). The minimum atomic E-state index is -0.0486. The van der Waals surface area contributed by atoms with Gasteiger partial charge in [-0.1, -0.05) is 27.5 Å². The molecule has 0 aliphatic carbocycles. The van der Waals surface area contributed by atoms with Crippen molar-refractivity contribution in [2.45, 2.75) is 6.92 Å². The Hall–Kier alpha value is -0.410. The normalized spacial score (nSPS) is 9.92. The lowest BCUT2D eigenvalue weighted by Crippen LogP contribution is -2.02. The van der Waals surface area contributed by atoms with Crippen LogP contribution in [-0.2, 0) is 0 Å². The number of nitrogens with zero attached hydrogens (tertiary/aromatic N) is 1. The van der Waals surface area contributed by atoms with Crippen LogP contribution in [0.1, 0.15) is 16.1 Å². The molecule has 0 aliphatic rings. The molecule has 0 N–H and O–H groups in total. The summed E-state index contributed by atoms with van der Waals surface area (Å²) in [7, 11) is 0. The Morgan fingerprint density at radius 3 is 2.92 bits per heavy atom. The van der Waals surface area contributed by atoms with Gasteiger partial charge >= 0.3 is 0 Å². The zero-order valence-electron chi connectivity index (χ0n) is 6.47. The van der Waals surface area contributed by atoms with Gasteiger partial charge in [-0.15, -0.1) is 0 Å². The molecule has 0 bridgehead atoms. The molecule has 0 spiro atoms. The van der Waals surface area contributed by atoms with Gasteiger partial charge in [-0.2, -0.15) is 0 Å². The number of aryl methyl sites for hydroxylation is 1. The summed E-state index contributed by atoms with van der Waals surface area (Å²) in [6.45, 7) is 1.83. The van der Waals surface area contributed by atoms with Crippen LogP contribution in [0, 0.1) is 6.92 Å². The SMILES string of the molecule is Cc1cc(Cl)c(C(=O)CBr)cn1. The summed E-state index contributed by atoms with van der Waals surface area (Å²) in [6, 6.07) is 1.68. The first-order valence-electron chi connectivity index (χ1n) is 3.36. The molecule has 0 amide bonds. The molecule has 0 radical (unpaired) electrons. The molecule has 12 heavy (non-hydrogen) atoms. The molecule has 1 aromatic heterocycles. The second-order valence-electron chi connectivity index (χ2n) is 2.36. The minimum Gasteiger partial charge on any atom is -0.293 e. The van der Waals surface area contributed by atoms with Crippen LogP contribution in [0.25, 0.3) is 0 Å². The van der Waals surface area contributed by atoms with Crippen LogP contribution in [0.5, 0.6) is 0 Å². The van der Waals surface area contributed by atoms with Gasteiger partial charge in [0.15, 0.2) is 5.78 Å². The lowest BCUT2D eigenvalue weighted by Gasteiger charge is -2.00. The molecule has 2 nitrogen and oxygen atoms in total. The van der Waals surface area contributed by atoms with Gasteiger partial charge in [0.25, 0.3) is 0 Å². The average Bonchev–Trinajstić information content (AvgIpc) is 2.03. The minimum absolute atomic E-state index is 0.0486. The fourth-order valence-electron chi connectivity index (χ4n) is 0.804. The Bertz CT molecular complexity index is 314. The molecule has 0 saturated carbocycles. The molecular formula is C8H7BrClNO. The first-order valence-corrected chi connectivity index (χ1v) is 4.86. The van der Waals surface area contributed by atoms with E-state index in [9.17, 15) is 4.79 Å². The number of pyridine rings is 1. The molecule has 0 saturated heterocycles. The molecule has 0 unspecified atom stereocenters. The molecule has 1 aromatic rings. The van der Waals surface area contributed by atoms with Gasteiger partial charge in [-0.25, -0.2) is 0 Å². The number of carbonyl (C=O) groups is 1. The summed E-state index contributed by atoms with van der Waals surface area (Å²) < 4.78 is 0. The van der Waals surface area contributed by atoms with E-state index in [-0.39, 0.29) is 11.1 Å². The number of halogens is 2. The maximum atomic E-state index is 11.2. The van der Waals surface area contributed by atoms with Gasteiger partial charge < -0.3 is 0 Å². The number of ketones is 1. The lowest BCUT2D eigenvalue weighted by atomic mass is 10.2. The quantitative estimate of drug-likeness (QED) is 0.595. The second-order valence-corrected chi connectivity index (χ2v) is 3.33. The number of hydrogen-bond donors (Lipinski definition) is 0. The molecule has 0 fully saturated rings. The Kier molecular flexibility index (Phi) is 3.23. The number of Topliss-reactive ketones (excluding diaryl/α,β-unsaturated/α-hetero) is 1. The summed E-state index contributed by atoms with van der Waals surface area (Å²) in [6.07, 6.45) is 1.50. The van der Waals surface area contributed by atoms with Gasteiger partial charge in [-0.3, -0.25) is 9.78 Å². The van der Waals surface area contributed by atoms with Crippen molar-refractivity contribution in [2.75, 3.05) is 5.33 Å². The summed E-state index contributed by atoms with van der Waals surface area (Å²) in [4.78, 5) is 15.2. The monoisotopic (exact) mass is 247 g/mol. The Morgan fingerprint density at radius 1 is 1.75 bits per heavy atom. The summed E-state index contributed by atoms with van der Waals surface area (Å²) in [5.74, 6) is -0.0486. The van der Waals surface area contributed by atoms with Gasteiger partial charge in [-0.05, 0) is 13.0 Å². The topological polar surface area (TPSA) is 30.0 Å². The molecule has 0 atom stereocenters. The van der Waals surface area contributed by atoms with E-state index >= 15 is 0 Å². The zero-order chi connectivity index (χ0) is 9.14. The predicted octanol–water partition coefficient (Wildman–Crippen LogP) is 2.62. The van der Waals surface area contributed by atoms with Crippen molar-refractivity contribution in [3.63, 3.8) is 0 Å². The highest BCUT2D eigenvalue weighted by atomic mass is 79.9. The van der Waals surface area contributed by atoms with E-state index in [1.807, 2.05) is 6.92 Å². The number of hydrogen-bond acceptors (Lipinski definition) is 2. The third-order valence-electron chi connectivity index (χ3n) is 1.41. The summed E-state index contributed by atoms with van der Waals surface area (Å²) in [5, 5.41) is 0.740. The van der Waals surface area contributed by atoms with E-state index in [1.165, 1.54) is 6.20 Å². The van der Waals surface area contributed by atoms with E-state index < -0.39 is 0 Å². The lowest BCUT2D eigenvalue weighted by molar-refractivity contribution is 0.102.